The summed E-state index contributed by atoms with van der Waals surface area (Å²) in [5, 5.41) is 7.60. The number of piperidine rings is 1. The van der Waals surface area contributed by atoms with Crippen molar-refractivity contribution in [2.45, 2.75) is 18.9 Å². The summed E-state index contributed by atoms with van der Waals surface area (Å²) in [4.78, 5) is 23.7. The number of fused-ring (bicyclic) bond motifs is 1. The number of benzene rings is 2. The van der Waals surface area contributed by atoms with Crippen LogP contribution in [0.3, 0.4) is 0 Å². The monoisotopic (exact) mass is 493 g/mol. The first-order valence-electron chi connectivity index (χ1n) is 11.5. The van der Waals surface area contributed by atoms with E-state index in [4.69, 9.17) is 10.5 Å². The highest BCUT2D eigenvalue weighted by atomic mass is 19.1. The molecule has 1 aliphatic rings. The minimum atomic E-state index is -0.591. The van der Waals surface area contributed by atoms with Gasteiger partial charge in [-0.3, -0.25) is 9.48 Å². The molecule has 2 aromatic heterocycles. The summed E-state index contributed by atoms with van der Waals surface area (Å²) in [5.41, 5.74) is 7.42. The van der Waals surface area contributed by atoms with Crippen molar-refractivity contribution in [3.63, 3.8) is 0 Å². The van der Waals surface area contributed by atoms with Gasteiger partial charge in [0.1, 0.15) is 22.8 Å². The predicted octanol–water partition coefficient (Wildman–Crippen LogP) is 3.50. The number of methoxy groups -OCH3 is 1. The maximum absolute atomic E-state index is 15.1. The van der Waals surface area contributed by atoms with Crippen molar-refractivity contribution in [3.05, 3.63) is 60.1 Å². The van der Waals surface area contributed by atoms with E-state index in [2.05, 4.69) is 25.3 Å². The highest BCUT2D eigenvalue weighted by molar-refractivity contribution is 6.09. The van der Waals surface area contributed by atoms with Gasteiger partial charge in [-0.2, -0.15) is 5.10 Å². The van der Waals surface area contributed by atoms with Gasteiger partial charge in [0.05, 0.1) is 30.2 Å². The number of nitrogens with one attached hydrogen (secondary N) is 1. The summed E-state index contributed by atoms with van der Waals surface area (Å²) in [6, 6.07) is 7.14. The third-order valence-electron chi connectivity index (χ3n) is 6.36. The first-order valence-corrected chi connectivity index (χ1v) is 11.5. The molecule has 11 heteroatoms. The largest absolute Gasteiger partial charge is 0.496 e. The third kappa shape index (κ3) is 4.22. The number of hydrogen-bond acceptors (Lipinski definition) is 7. The van der Waals surface area contributed by atoms with Crippen LogP contribution in [0.15, 0.2) is 42.7 Å². The van der Waals surface area contributed by atoms with Crippen LogP contribution in [0.1, 0.15) is 23.3 Å². The lowest BCUT2D eigenvalue weighted by Crippen LogP contribution is -2.40. The minimum absolute atomic E-state index is 0.00302. The van der Waals surface area contributed by atoms with Crippen molar-refractivity contribution >= 4 is 28.2 Å². The molecule has 1 saturated heterocycles. The molecule has 1 amide bonds. The Labute approximate surface area is 205 Å². The fourth-order valence-electron chi connectivity index (χ4n) is 4.55. The van der Waals surface area contributed by atoms with Gasteiger partial charge in [-0.05, 0) is 31.0 Å². The zero-order chi connectivity index (χ0) is 25.4. The van der Waals surface area contributed by atoms with Crippen molar-refractivity contribution in [2.75, 3.05) is 30.4 Å². The van der Waals surface area contributed by atoms with E-state index in [9.17, 15) is 9.18 Å². The molecule has 36 heavy (non-hydrogen) atoms. The van der Waals surface area contributed by atoms with E-state index in [0.717, 1.165) is 12.8 Å². The normalized spacial score (nSPS) is 14.3. The van der Waals surface area contributed by atoms with Crippen LogP contribution in [0.4, 0.5) is 20.2 Å². The molecule has 1 aliphatic heterocycles. The molecule has 0 saturated carbocycles. The Balaban J connectivity index is 1.53. The molecule has 4 aromatic rings. The van der Waals surface area contributed by atoms with Gasteiger partial charge in [0.2, 0.25) is 0 Å². The molecule has 186 valence electrons. The first-order chi connectivity index (χ1) is 17.4. The number of nitrogens with zero attached hydrogens (tertiary/aromatic N) is 5. The van der Waals surface area contributed by atoms with Gasteiger partial charge in [0.15, 0.2) is 11.6 Å². The summed E-state index contributed by atoms with van der Waals surface area (Å²) < 4.78 is 36.3. The van der Waals surface area contributed by atoms with Crippen molar-refractivity contribution in [3.8, 4) is 17.1 Å². The molecule has 9 nitrogen and oxygen atoms in total. The average molecular weight is 494 g/mol. The lowest BCUT2D eigenvalue weighted by molar-refractivity contribution is 0.102. The van der Waals surface area contributed by atoms with Gasteiger partial charge < -0.3 is 20.7 Å². The topological polar surface area (TPSA) is 111 Å². The van der Waals surface area contributed by atoms with Crippen LogP contribution < -0.4 is 20.7 Å². The number of rotatable bonds is 5. The number of hydrogen-bond donors (Lipinski definition) is 2. The molecule has 0 radical (unpaired) electrons. The number of aromatic nitrogens is 4. The second-order valence-corrected chi connectivity index (χ2v) is 8.65. The summed E-state index contributed by atoms with van der Waals surface area (Å²) in [6.07, 6.45) is 4.49. The minimum Gasteiger partial charge on any atom is -0.496 e. The Morgan fingerprint density at radius 3 is 2.72 bits per heavy atom. The van der Waals surface area contributed by atoms with E-state index in [1.165, 1.54) is 42.3 Å². The molecule has 3 N–H and O–H groups in total. The molecular formula is C25H25F2N7O2. The molecular weight excluding hydrogens is 468 g/mol. The van der Waals surface area contributed by atoms with Crippen LogP contribution in [0, 0.1) is 11.6 Å². The zero-order valence-corrected chi connectivity index (χ0v) is 19.8. The zero-order valence-electron chi connectivity index (χ0n) is 19.8. The second-order valence-electron chi connectivity index (χ2n) is 8.65. The number of carbonyl (C=O) groups is 1. The number of nitrogens with two attached hydrogens (primary N) is 1. The van der Waals surface area contributed by atoms with Crippen LogP contribution in [-0.2, 0) is 7.05 Å². The summed E-state index contributed by atoms with van der Waals surface area (Å²) in [6.45, 7) is 1.31. The summed E-state index contributed by atoms with van der Waals surface area (Å²) >= 11 is 0. The highest BCUT2D eigenvalue weighted by Crippen LogP contribution is 2.38. The van der Waals surface area contributed by atoms with Gasteiger partial charge in [-0.25, -0.2) is 18.7 Å². The fourth-order valence-corrected chi connectivity index (χ4v) is 4.55. The van der Waals surface area contributed by atoms with Crippen LogP contribution >= 0.6 is 0 Å². The first kappa shape index (κ1) is 23.6. The lowest BCUT2D eigenvalue weighted by atomic mass is 10.0. The standard InChI is InChI=1S/C25H25F2N7O2/c1-33-22-15(13-30-33)23(34-10-7-14(28)8-11-34)19(12-17(22)27)32-25(35)18-6-9-29-24(31-18)21-16(26)4-3-5-20(21)36-2/h3-6,9,12-14H,7-8,10-11,28H2,1-2H3,(H,32,35). The smallest absolute Gasteiger partial charge is 0.274 e. The van der Waals surface area contributed by atoms with Crippen molar-refractivity contribution in [1.29, 1.82) is 0 Å². The van der Waals surface area contributed by atoms with Crippen LogP contribution in [0.25, 0.3) is 22.3 Å². The number of carbonyl (C=O) groups excluding carboxylic acids is 1. The number of aryl methyl sites for hydroxylation is 1. The van der Waals surface area contributed by atoms with E-state index >= 15 is 4.39 Å². The molecule has 3 heterocycles. The van der Waals surface area contributed by atoms with Crippen LogP contribution in [0.2, 0.25) is 0 Å². The van der Waals surface area contributed by atoms with Crippen molar-refractivity contribution in [2.24, 2.45) is 12.8 Å². The average Bonchev–Trinajstić information content (AvgIpc) is 3.26. The maximum Gasteiger partial charge on any atom is 0.274 e. The number of amides is 1. The number of ether oxygens (including phenoxy) is 1. The lowest BCUT2D eigenvalue weighted by Gasteiger charge is -2.33. The number of halogens is 2. The molecule has 0 unspecified atom stereocenters. The number of anilines is 2. The molecule has 1 fully saturated rings. The van der Waals surface area contributed by atoms with E-state index in [1.807, 2.05) is 0 Å². The highest BCUT2D eigenvalue weighted by Gasteiger charge is 2.25. The van der Waals surface area contributed by atoms with E-state index in [-0.39, 0.29) is 34.6 Å². The van der Waals surface area contributed by atoms with Crippen LogP contribution in [-0.4, -0.2) is 51.9 Å². The Morgan fingerprint density at radius 2 is 1.97 bits per heavy atom. The Hall–Kier alpha value is -4.12. The Bertz CT molecular complexity index is 1450. The SMILES string of the molecule is COc1cccc(F)c1-c1nccc(C(=O)Nc2cc(F)c3c(cnn3C)c2N2CCC(N)CC2)n1. The van der Waals surface area contributed by atoms with Crippen molar-refractivity contribution < 1.29 is 18.3 Å². The molecule has 0 spiro atoms. The van der Waals surface area contributed by atoms with Gasteiger partial charge in [0, 0.05) is 43.8 Å². The summed E-state index contributed by atoms with van der Waals surface area (Å²) in [5.74, 6) is -1.45. The third-order valence-corrected chi connectivity index (χ3v) is 6.36. The quantitative estimate of drug-likeness (QED) is 0.438. The van der Waals surface area contributed by atoms with E-state index in [0.29, 0.717) is 29.7 Å². The van der Waals surface area contributed by atoms with Gasteiger partial charge in [-0.1, -0.05) is 6.07 Å². The van der Waals surface area contributed by atoms with Crippen molar-refractivity contribution in [1.82, 2.24) is 19.7 Å². The van der Waals surface area contributed by atoms with Gasteiger partial charge >= 0.3 is 0 Å². The molecule has 5 rings (SSSR count). The molecule has 0 aliphatic carbocycles. The summed E-state index contributed by atoms with van der Waals surface area (Å²) in [7, 11) is 3.08. The fraction of sp³-hybridized carbons (Fsp3) is 0.280. The molecule has 2 aromatic carbocycles. The molecule has 0 atom stereocenters. The van der Waals surface area contributed by atoms with Gasteiger partial charge in [0.25, 0.3) is 5.91 Å². The Morgan fingerprint density at radius 1 is 1.19 bits per heavy atom. The Kier molecular flexibility index (Phi) is 6.23. The van der Waals surface area contributed by atoms with Gasteiger partial charge in [-0.15, -0.1) is 0 Å². The van der Waals surface area contributed by atoms with Crippen LogP contribution in [0.5, 0.6) is 5.75 Å². The maximum atomic E-state index is 15.1. The van der Waals surface area contributed by atoms with E-state index < -0.39 is 17.5 Å². The predicted molar refractivity (Wildman–Crippen MR) is 132 cm³/mol. The van der Waals surface area contributed by atoms with E-state index in [1.54, 1.807) is 19.3 Å². The molecule has 0 bridgehead atoms. The second kappa shape index (κ2) is 9.50.